The quantitative estimate of drug-likeness (QED) is 0.0490. The average molecular weight is 846 g/mol. The number of carbonyl (C=O) groups excluding carboxylic acids is 4. The van der Waals surface area contributed by atoms with E-state index < -0.39 is 62.9 Å². The van der Waals surface area contributed by atoms with Gasteiger partial charge in [0.15, 0.2) is 10.8 Å². The van der Waals surface area contributed by atoms with Crippen LogP contribution in [0.25, 0.3) is 0 Å². The smallest absolute Gasteiger partial charge is 0.362 e. The summed E-state index contributed by atoms with van der Waals surface area (Å²) in [6.07, 6.45) is 0. The summed E-state index contributed by atoms with van der Waals surface area (Å²) in [5.74, 6) is -2.98. The molecule has 2 fully saturated rings. The maximum Gasteiger partial charge on any atom is 0.362 e. The number of aliphatic hydroxyl groups is 1. The summed E-state index contributed by atoms with van der Waals surface area (Å²) < 4.78 is 10.0. The Kier molecular flexibility index (Phi) is 12.6. The number of carbonyl (C=O) groups is 4. The van der Waals surface area contributed by atoms with Crippen LogP contribution in [0, 0.1) is 0 Å². The van der Waals surface area contributed by atoms with Crippen LogP contribution in [0.4, 0.5) is 5.13 Å². The minimum absolute atomic E-state index is 0.181. The number of nitrogens with zero attached hydrogens (tertiary/aromatic N) is 3. The number of rotatable bonds is 13. The van der Waals surface area contributed by atoms with Gasteiger partial charge < -0.3 is 30.1 Å². The zero-order valence-corrected chi connectivity index (χ0v) is 35.7. The van der Waals surface area contributed by atoms with Gasteiger partial charge in [-0.15, -0.1) is 34.9 Å². The number of hydrogen-bond donors (Lipinski definition) is 3. The van der Waals surface area contributed by atoms with Crippen molar-refractivity contribution in [3.8, 4) is 0 Å². The molecule has 0 radical (unpaired) electrons. The van der Waals surface area contributed by atoms with Gasteiger partial charge in [0.2, 0.25) is 5.91 Å². The first-order valence-electron chi connectivity index (χ1n) is 18.5. The predicted octanol–water partition coefficient (Wildman–Crippen LogP) is 5.77. The van der Waals surface area contributed by atoms with Crippen molar-refractivity contribution in [1.29, 1.82) is 0 Å². The lowest BCUT2D eigenvalue weighted by Crippen LogP contribution is -2.83. The van der Waals surface area contributed by atoms with E-state index in [0.717, 1.165) is 33.4 Å². The van der Waals surface area contributed by atoms with Gasteiger partial charge in [0.1, 0.15) is 40.2 Å². The monoisotopic (exact) mass is 845 g/mol. The number of oxime groups is 1. The third kappa shape index (κ3) is 8.89. The summed E-state index contributed by atoms with van der Waals surface area (Å²) in [4.78, 5) is 65.1. The third-order valence-electron chi connectivity index (χ3n) is 9.15. The molecule has 4 aromatic rings. The molecule has 4 atom stereocenters. The summed E-state index contributed by atoms with van der Waals surface area (Å²) in [7, 11) is 1.30. The molecule has 1 aromatic heterocycles. The molecule has 3 heterocycles. The molecule has 0 bridgehead atoms. The minimum Gasteiger partial charge on any atom is -0.459 e. The molecule has 6 rings (SSSR count). The van der Waals surface area contributed by atoms with Crippen LogP contribution < -0.4 is 10.6 Å². The number of anilines is 1. The van der Waals surface area contributed by atoms with E-state index in [0.29, 0.717) is 5.13 Å². The van der Waals surface area contributed by atoms with Crippen LogP contribution in [0.3, 0.4) is 0 Å². The number of fused-ring (bicyclic) bond motifs is 1. The molecule has 306 valence electrons. The lowest BCUT2D eigenvalue weighted by Gasteiger charge is -2.58. The molecule has 58 heavy (non-hydrogen) atoms. The van der Waals surface area contributed by atoms with Crippen LogP contribution in [0.15, 0.2) is 102 Å². The van der Waals surface area contributed by atoms with Crippen LogP contribution in [0.5, 0.6) is 0 Å². The van der Waals surface area contributed by atoms with E-state index in [1.807, 2.05) is 91.0 Å². The molecule has 2 amide bonds. The summed E-state index contributed by atoms with van der Waals surface area (Å²) in [5.41, 5.74) is -2.17. The average Bonchev–Trinajstić information content (AvgIpc) is 3.64. The van der Waals surface area contributed by atoms with Crippen LogP contribution in [0.1, 0.15) is 63.9 Å². The van der Waals surface area contributed by atoms with Crippen molar-refractivity contribution < 1.29 is 38.6 Å². The summed E-state index contributed by atoms with van der Waals surface area (Å²) >= 11 is 3.44. The second kappa shape index (κ2) is 17.1. The van der Waals surface area contributed by atoms with Crippen molar-refractivity contribution in [3.05, 3.63) is 119 Å². The zero-order chi connectivity index (χ0) is 41.9. The lowest BCUT2D eigenvalue weighted by molar-refractivity contribution is -0.217. The van der Waals surface area contributed by atoms with Crippen LogP contribution in [-0.2, 0) is 39.0 Å². The highest BCUT2D eigenvalue weighted by Crippen LogP contribution is 2.48. The molecule has 0 spiro atoms. The normalized spacial score (nSPS) is 21.0. The van der Waals surface area contributed by atoms with E-state index in [2.05, 4.69) is 15.8 Å². The van der Waals surface area contributed by atoms with E-state index in [1.54, 1.807) is 46.9 Å². The molecule has 13 nitrogen and oxygen atoms in total. The first-order valence-corrected chi connectivity index (χ1v) is 21.5. The molecule has 3 aromatic carbocycles. The van der Waals surface area contributed by atoms with Gasteiger partial charge in [0.25, 0.3) is 11.6 Å². The number of ether oxygens (including phenoxy) is 2. The number of β-lactam (4-membered cyclic amide) rings is 1. The standard InChI is InChI=1S/C42H47N5O8S3/c1-39(2,3)54-31(48)25-57-37-42(52,36(51)55-40(4,5)6)47-30(24-56-37)33(35(47)50)44-34(49)32(46-53-7)29-23-58-38(43-29)45-41(26-17-11-8-12-18-26,27-19-13-9-14-20-27)28-21-15-10-16-22-28/h8-23,30,33,37,52H,24-25H2,1-7H3,(H,43,45)(H,44,49). The summed E-state index contributed by atoms with van der Waals surface area (Å²) in [6.45, 7) is 10.1. The van der Waals surface area contributed by atoms with E-state index in [1.165, 1.54) is 30.2 Å². The molecular formula is C42H47N5O8S3. The fourth-order valence-electron chi connectivity index (χ4n) is 6.82. The Morgan fingerprint density at radius 2 is 1.43 bits per heavy atom. The van der Waals surface area contributed by atoms with E-state index >= 15 is 0 Å². The number of thioether (sulfide) groups is 2. The van der Waals surface area contributed by atoms with Gasteiger partial charge in [-0.1, -0.05) is 96.2 Å². The van der Waals surface area contributed by atoms with Gasteiger partial charge in [-0.05, 0) is 58.2 Å². The number of nitrogens with one attached hydrogen (secondary N) is 2. The van der Waals surface area contributed by atoms with Crippen molar-refractivity contribution in [2.24, 2.45) is 5.16 Å². The van der Waals surface area contributed by atoms with Crippen molar-refractivity contribution in [1.82, 2.24) is 15.2 Å². The second-order valence-electron chi connectivity index (χ2n) is 15.7. The topological polar surface area (TPSA) is 169 Å². The van der Waals surface area contributed by atoms with Crippen molar-refractivity contribution in [2.45, 2.75) is 80.7 Å². The second-order valence-corrected chi connectivity index (χ2v) is 19.0. The number of esters is 2. The number of amides is 2. The largest absolute Gasteiger partial charge is 0.459 e. The van der Waals surface area contributed by atoms with Crippen molar-refractivity contribution in [3.63, 3.8) is 0 Å². The Hall–Kier alpha value is -4.90. The highest BCUT2D eigenvalue weighted by Gasteiger charge is 2.67. The van der Waals surface area contributed by atoms with E-state index in [4.69, 9.17) is 19.3 Å². The van der Waals surface area contributed by atoms with Gasteiger partial charge in [0, 0.05) is 11.1 Å². The van der Waals surface area contributed by atoms with E-state index in [9.17, 15) is 24.3 Å². The Bertz CT molecular complexity index is 2040. The predicted molar refractivity (Wildman–Crippen MR) is 226 cm³/mol. The molecule has 0 saturated carbocycles. The molecule has 3 N–H and O–H groups in total. The molecular weight excluding hydrogens is 799 g/mol. The minimum atomic E-state index is -2.45. The maximum absolute atomic E-state index is 14.0. The molecule has 2 aliphatic rings. The summed E-state index contributed by atoms with van der Waals surface area (Å²) in [6, 6.07) is 28.1. The fraction of sp³-hybridized carbons (Fsp3) is 0.381. The lowest BCUT2D eigenvalue weighted by atomic mass is 9.77. The fourth-order valence-corrected chi connectivity index (χ4v) is 10.3. The summed E-state index contributed by atoms with van der Waals surface area (Å²) in [5, 5.41) is 24.7. The van der Waals surface area contributed by atoms with E-state index in [-0.39, 0.29) is 22.9 Å². The number of hydrogen-bond acceptors (Lipinski definition) is 14. The highest BCUT2D eigenvalue weighted by molar-refractivity contribution is 8.17. The van der Waals surface area contributed by atoms with Crippen LogP contribution in [0.2, 0.25) is 0 Å². The van der Waals surface area contributed by atoms with Crippen molar-refractivity contribution >= 4 is 69.5 Å². The van der Waals surface area contributed by atoms with Crippen molar-refractivity contribution in [2.75, 3.05) is 23.9 Å². The first kappa shape index (κ1) is 42.7. The van der Waals surface area contributed by atoms with Gasteiger partial charge >= 0.3 is 11.9 Å². The SMILES string of the molecule is CON=C(C(=O)NC1C(=O)N2C1CSC(SCC(=O)OC(C)(C)C)C2(O)C(=O)OC(C)(C)C)c1csc(NC(c2ccccc2)(c2ccccc2)c2ccccc2)n1. The zero-order valence-electron chi connectivity index (χ0n) is 33.3. The van der Waals surface area contributed by atoms with Gasteiger partial charge in [-0.25, -0.2) is 9.78 Å². The number of thiazole rings is 1. The molecule has 4 unspecified atom stereocenters. The Morgan fingerprint density at radius 3 is 1.93 bits per heavy atom. The van der Waals surface area contributed by atoms with Gasteiger partial charge in [-0.3, -0.25) is 19.3 Å². The van der Waals surface area contributed by atoms with Gasteiger partial charge in [0.05, 0.1) is 11.8 Å². The molecule has 16 heteroatoms. The van der Waals surface area contributed by atoms with Gasteiger partial charge in [-0.2, -0.15) is 0 Å². The number of benzene rings is 3. The Balaban J connectivity index is 1.25. The number of aromatic nitrogens is 1. The third-order valence-corrected chi connectivity index (χ3v) is 12.9. The Morgan fingerprint density at radius 1 is 0.897 bits per heavy atom. The highest BCUT2D eigenvalue weighted by atomic mass is 32.2. The first-order chi connectivity index (χ1) is 27.5. The molecule has 2 aliphatic heterocycles. The molecule has 2 saturated heterocycles. The maximum atomic E-state index is 14.0. The van der Waals surface area contributed by atoms with Crippen LogP contribution >= 0.6 is 34.9 Å². The van der Waals surface area contributed by atoms with Crippen LogP contribution in [-0.4, -0.2) is 96.7 Å². The molecule has 0 aliphatic carbocycles. The Labute approximate surface area is 350 Å².